The summed E-state index contributed by atoms with van der Waals surface area (Å²) in [5.74, 6) is 0. The van der Waals surface area contributed by atoms with E-state index in [2.05, 4.69) is 20.5 Å². The van der Waals surface area contributed by atoms with Crippen molar-refractivity contribution < 1.29 is 0 Å². The Hall–Kier alpha value is -2.31. The van der Waals surface area contributed by atoms with Gasteiger partial charge in [-0.3, -0.25) is 10.4 Å². The van der Waals surface area contributed by atoms with Gasteiger partial charge in [0.05, 0.1) is 27.3 Å². The van der Waals surface area contributed by atoms with Gasteiger partial charge in [0, 0.05) is 6.54 Å². The second-order valence-electron chi connectivity index (χ2n) is 4.51. The molecule has 0 aliphatic rings. The summed E-state index contributed by atoms with van der Waals surface area (Å²) in [5, 5.41) is 5.12. The van der Waals surface area contributed by atoms with Crippen LogP contribution in [0, 0.1) is 0 Å². The third-order valence-electron chi connectivity index (χ3n) is 3.00. The lowest BCUT2D eigenvalue weighted by Gasteiger charge is -2.02. The molecule has 5 nitrogen and oxygen atoms in total. The fourth-order valence-electron chi connectivity index (χ4n) is 1.90. The van der Waals surface area contributed by atoms with E-state index in [1.807, 2.05) is 49.4 Å². The van der Waals surface area contributed by atoms with Crippen molar-refractivity contribution in [3.05, 3.63) is 53.9 Å². The van der Waals surface area contributed by atoms with Gasteiger partial charge in [0.25, 0.3) is 0 Å². The van der Waals surface area contributed by atoms with Crippen molar-refractivity contribution in [1.29, 1.82) is 0 Å². The van der Waals surface area contributed by atoms with Crippen LogP contribution in [0.25, 0.3) is 10.2 Å². The van der Waals surface area contributed by atoms with Gasteiger partial charge in [-0.05, 0) is 31.2 Å². The van der Waals surface area contributed by atoms with Crippen LogP contribution in [0.3, 0.4) is 0 Å². The molecule has 0 fully saturated rings. The molecular formula is C15H15N5S. The number of nitrogens with one attached hydrogen (secondary N) is 1. The number of thiazole rings is 1. The van der Waals surface area contributed by atoms with Crippen molar-refractivity contribution in [2.75, 3.05) is 5.43 Å². The van der Waals surface area contributed by atoms with Crippen LogP contribution in [0.1, 0.15) is 18.3 Å². The van der Waals surface area contributed by atoms with Gasteiger partial charge in [0.2, 0.25) is 5.13 Å². The summed E-state index contributed by atoms with van der Waals surface area (Å²) in [5.41, 5.74) is 12.0. The molecule has 0 radical (unpaired) electrons. The molecule has 3 aromatic rings. The van der Waals surface area contributed by atoms with E-state index in [0.29, 0.717) is 6.54 Å². The molecule has 1 aromatic carbocycles. The number of hydrogen-bond donors (Lipinski definition) is 2. The van der Waals surface area contributed by atoms with E-state index < -0.39 is 0 Å². The number of nitrogens with zero attached hydrogens (tertiary/aromatic N) is 3. The number of fused-ring (bicyclic) bond motifs is 1. The number of para-hydroxylation sites is 1. The summed E-state index contributed by atoms with van der Waals surface area (Å²) < 4.78 is 1.14. The third kappa shape index (κ3) is 3.07. The first-order valence-electron chi connectivity index (χ1n) is 6.58. The van der Waals surface area contributed by atoms with Crippen molar-refractivity contribution in [2.24, 2.45) is 10.8 Å². The second kappa shape index (κ2) is 5.99. The minimum absolute atomic E-state index is 0.423. The van der Waals surface area contributed by atoms with E-state index in [1.165, 1.54) is 0 Å². The third-order valence-corrected chi connectivity index (χ3v) is 3.94. The van der Waals surface area contributed by atoms with Crippen molar-refractivity contribution in [2.45, 2.75) is 13.5 Å². The van der Waals surface area contributed by atoms with Crippen LogP contribution in [0.5, 0.6) is 0 Å². The van der Waals surface area contributed by atoms with E-state index in [4.69, 9.17) is 5.73 Å². The molecule has 3 rings (SSSR count). The van der Waals surface area contributed by atoms with Crippen LogP contribution in [0.15, 0.2) is 47.6 Å². The number of rotatable bonds is 4. The predicted molar refractivity (Wildman–Crippen MR) is 87.6 cm³/mol. The standard InChI is InChI=1S/C15H15N5S/c1-10(12-7-4-5-11(9-16)17-12)19-20-15-18-13-6-2-3-8-14(13)21-15/h2-8H,9,16H2,1H3,(H,18,20)/b19-10+. The quantitative estimate of drug-likeness (QED) is 0.573. The zero-order chi connectivity index (χ0) is 14.7. The number of benzene rings is 1. The number of nitrogens with two attached hydrogens (primary N) is 1. The van der Waals surface area contributed by atoms with Crippen LogP contribution in [0.4, 0.5) is 5.13 Å². The number of anilines is 1. The molecule has 2 heterocycles. The van der Waals surface area contributed by atoms with E-state index in [-0.39, 0.29) is 0 Å². The number of aromatic nitrogens is 2. The molecule has 0 atom stereocenters. The van der Waals surface area contributed by atoms with Crippen LogP contribution < -0.4 is 11.2 Å². The topological polar surface area (TPSA) is 76.2 Å². The average molecular weight is 297 g/mol. The van der Waals surface area contributed by atoms with Crippen molar-refractivity contribution in [1.82, 2.24) is 9.97 Å². The highest BCUT2D eigenvalue weighted by Crippen LogP contribution is 2.25. The Bertz CT molecular complexity index is 760. The summed E-state index contributed by atoms with van der Waals surface area (Å²) in [7, 11) is 0. The smallest absolute Gasteiger partial charge is 0.204 e. The van der Waals surface area contributed by atoms with Crippen LogP contribution in [-0.4, -0.2) is 15.7 Å². The molecule has 3 N–H and O–H groups in total. The summed E-state index contributed by atoms with van der Waals surface area (Å²) in [6.45, 7) is 2.33. The van der Waals surface area contributed by atoms with Crippen molar-refractivity contribution >= 4 is 32.4 Å². The van der Waals surface area contributed by atoms with Crippen molar-refractivity contribution in [3.8, 4) is 0 Å². The Balaban J connectivity index is 1.80. The lowest BCUT2D eigenvalue weighted by molar-refractivity contribution is 0.984. The molecule has 6 heteroatoms. The number of hydrogen-bond acceptors (Lipinski definition) is 6. The van der Waals surface area contributed by atoms with E-state index in [1.54, 1.807) is 11.3 Å². The first-order chi connectivity index (χ1) is 10.3. The van der Waals surface area contributed by atoms with Gasteiger partial charge >= 0.3 is 0 Å². The number of hydrazone groups is 1. The summed E-state index contributed by atoms with van der Waals surface area (Å²) >= 11 is 1.57. The van der Waals surface area contributed by atoms with Gasteiger partial charge in [-0.15, -0.1) is 0 Å². The molecule has 106 valence electrons. The fraction of sp³-hybridized carbons (Fsp3) is 0.133. The molecule has 0 saturated carbocycles. The molecule has 0 saturated heterocycles. The van der Waals surface area contributed by atoms with Crippen LogP contribution >= 0.6 is 11.3 Å². The first kappa shape index (κ1) is 13.7. The first-order valence-corrected chi connectivity index (χ1v) is 7.40. The molecule has 0 spiro atoms. The lowest BCUT2D eigenvalue weighted by atomic mass is 10.2. The maximum atomic E-state index is 5.60. The van der Waals surface area contributed by atoms with Gasteiger partial charge in [-0.1, -0.05) is 29.5 Å². The summed E-state index contributed by atoms with van der Waals surface area (Å²) in [6.07, 6.45) is 0. The molecule has 2 aromatic heterocycles. The normalized spacial score (nSPS) is 11.8. The highest BCUT2D eigenvalue weighted by molar-refractivity contribution is 7.22. The number of pyridine rings is 1. The lowest BCUT2D eigenvalue weighted by Crippen LogP contribution is -2.06. The maximum Gasteiger partial charge on any atom is 0.204 e. The molecule has 0 amide bonds. The van der Waals surface area contributed by atoms with Gasteiger partial charge < -0.3 is 5.73 Å². The van der Waals surface area contributed by atoms with Crippen LogP contribution in [0.2, 0.25) is 0 Å². The molecule has 0 aliphatic heterocycles. The zero-order valence-electron chi connectivity index (χ0n) is 11.6. The highest BCUT2D eigenvalue weighted by Gasteiger charge is 2.03. The van der Waals surface area contributed by atoms with E-state index in [9.17, 15) is 0 Å². The molecule has 0 unspecified atom stereocenters. The SMILES string of the molecule is C/C(=N\Nc1nc2ccccc2s1)c1cccc(CN)n1. The highest BCUT2D eigenvalue weighted by atomic mass is 32.1. The van der Waals surface area contributed by atoms with Gasteiger partial charge in [0.15, 0.2) is 0 Å². The van der Waals surface area contributed by atoms with Gasteiger partial charge in [-0.25, -0.2) is 4.98 Å². The van der Waals surface area contributed by atoms with Crippen molar-refractivity contribution in [3.63, 3.8) is 0 Å². The Kier molecular flexibility index (Phi) is 3.89. The maximum absolute atomic E-state index is 5.60. The minimum atomic E-state index is 0.423. The van der Waals surface area contributed by atoms with Crippen LogP contribution in [-0.2, 0) is 6.54 Å². The largest absolute Gasteiger partial charge is 0.325 e. The summed E-state index contributed by atoms with van der Waals surface area (Å²) in [4.78, 5) is 8.91. The Morgan fingerprint density at radius 3 is 2.86 bits per heavy atom. The zero-order valence-corrected chi connectivity index (χ0v) is 12.4. The van der Waals surface area contributed by atoms with Gasteiger partial charge in [-0.2, -0.15) is 5.10 Å². The average Bonchev–Trinajstić information content (AvgIpc) is 2.95. The fourth-order valence-corrected chi connectivity index (χ4v) is 2.71. The second-order valence-corrected chi connectivity index (χ2v) is 5.54. The summed E-state index contributed by atoms with van der Waals surface area (Å²) in [6, 6.07) is 13.8. The monoisotopic (exact) mass is 297 g/mol. The predicted octanol–water partition coefficient (Wildman–Crippen LogP) is 2.99. The van der Waals surface area contributed by atoms with Gasteiger partial charge in [0.1, 0.15) is 0 Å². The Morgan fingerprint density at radius 1 is 1.19 bits per heavy atom. The minimum Gasteiger partial charge on any atom is -0.325 e. The molecule has 21 heavy (non-hydrogen) atoms. The van der Waals surface area contributed by atoms with E-state index >= 15 is 0 Å². The molecule has 0 aliphatic carbocycles. The Labute approximate surface area is 126 Å². The Morgan fingerprint density at radius 2 is 2.05 bits per heavy atom. The molecular weight excluding hydrogens is 282 g/mol. The molecule has 0 bridgehead atoms. The van der Waals surface area contributed by atoms with E-state index in [0.717, 1.165) is 32.4 Å².